The molecule has 0 radical (unpaired) electrons. The Morgan fingerprint density at radius 3 is 2.85 bits per heavy atom. The first-order valence-electron chi connectivity index (χ1n) is 9.07. The van der Waals surface area contributed by atoms with E-state index in [0.29, 0.717) is 12.2 Å². The summed E-state index contributed by atoms with van der Waals surface area (Å²) in [6.45, 7) is 1.19. The Bertz CT molecular complexity index is 1030. The van der Waals surface area contributed by atoms with Crippen LogP contribution in [-0.4, -0.2) is 25.9 Å². The summed E-state index contributed by atoms with van der Waals surface area (Å²) in [4.78, 5) is 15.5. The molecule has 136 valence electrons. The van der Waals surface area contributed by atoms with Crippen molar-refractivity contribution in [1.82, 2.24) is 25.3 Å². The van der Waals surface area contributed by atoms with Gasteiger partial charge in [-0.2, -0.15) is 0 Å². The number of benzene rings is 2. The molecule has 4 aromatic rings. The number of H-pyrrole nitrogens is 1. The number of rotatable bonds is 7. The SMILES string of the molecule is O=C(NCc1cccc2[nH]ccc12)c1cn(CCCc2ccccc2)nn1. The Morgan fingerprint density at radius 2 is 1.96 bits per heavy atom. The summed E-state index contributed by atoms with van der Waals surface area (Å²) in [6, 6.07) is 18.4. The van der Waals surface area contributed by atoms with Crippen LogP contribution >= 0.6 is 0 Å². The number of aromatic amines is 1. The number of aryl methyl sites for hydroxylation is 2. The Morgan fingerprint density at radius 1 is 1.07 bits per heavy atom. The van der Waals surface area contributed by atoms with E-state index in [1.54, 1.807) is 10.9 Å². The monoisotopic (exact) mass is 359 g/mol. The van der Waals surface area contributed by atoms with Crippen molar-refractivity contribution in [3.63, 3.8) is 0 Å². The third kappa shape index (κ3) is 4.06. The minimum atomic E-state index is -0.211. The second-order valence-corrected chi connectivity index (χ2v) is 6.49. The van der Waals surface area contributed by atoms with E-state index < -0.39 is 0 Å². The fourth-order valence-corrected chi connectivity index (χ4v) is 3.17. The normalized spacial score (nSPS) is 11.0. The molecule has 0 aliphatic carbocycles. The fourth-order valence-electron chi connectivity index (χ4n) is 3.17. The van der Waals surface area contributed by atoms with Gasteiger partial charge >= 0.3 is 0 Å². The van der Waals surface area contributed by atoms with Crippen LogP contribution in [0, 0.1) is 0 Å². The molecule has 27 heavy (non-hydrogen) atoms. The highest BCUT2D eigenvalue weighted by molar-refractivity contribution is 5.92. The minimum absolute atomic E-state index is 0.211. The molecule has 0 bridgehead atoms. The minimum Gasteiger partial charge on any atom is -0.361 e. The molecule has 2 aromatic heterocycles. The first-order chi connectivity index (χ1) is 13.3. The maximum atomic E-state index is 12.4. The lowest BCUT2D eigenvalue weighted by Gasteiger charge is -2.05. The van der Waals surface area contributed by atoms with Crippen LogP contribution < -0.4 is 5.32 Å². The van der Waals surface area contributed by atoms with Crippen molar-refractivity contribution in [3.8, 4) is 0 Å². The number of fused-ring (bicyclic) bond motifs is 1. The lowest BCUT2D eigenvalue weighted by Crippen LogP contribution is -2.23. The molecule has 0 fully saturated rings. The van der Waals surface area contributed by atoms with E-state index in [1.807, 2.05) is 48.7 Å². The van der Waals surface area contributed by atoms with Gasteiger partial charge in [-0.3, -0.25) is 9.48 Å². The third-order valence-electron chi connectivity index (χ3n) is 4.59. The quantitative estimate of drug-likeness (QED) is 0.531. The molecule has 0 spiro atoms. The lowest BCUT2D eigenvalue weighted by molar-refractivity contribution is 0.0946. The molecule has 6 heteroatoms. The Hall–Kier alpha value is -3.41. The van der Waals surface area contributed by atoms with Gasteiger partial charge < -0.3 is 10.3 Å². The number of aromatic nitrogens is 4. The highest BCUT2D eigenvalue weighted by Gasteiger charge is 2.11. The van der Waals surface area contributed by atoms with Gasteiger partial charge in [0, 0.05) is 30.2 Å². The van der Waals surface area contributed by atoms with E-state index in [0.717, 1.165) is 35.9 Å². The molecule has 0 saturated heterocycles. The summed E-state index contributed by atoms with van der Waals surface area (Å²) in [7, 11) is 0. The zero-order valence-electron chi connectivity index (χ0n) is 14.9. The summed E-state index contributed by atoms with van der Waals surface area (Å²) < 4.78 is 1.73. The Labute approximate surface area is 157 Å². The maximum Gasteiger partial charge on any atom is 0.273 e. The van der Waals surface area contributed by atoms with Crippen LogP contribution in [0.25, 0.3) is 10.9 Å². The molecular formula is C21H21N5O. The van der Waals surface area contributed by atoms with Crippen LogP contribution in [0.4, 0.5) is 0 Å². The van der Waals surface area contributed by atoms with Crippen LogP contribution in [0.1, 0.15) is 28.0 Å². The number of nitrogens with zero attached hydrogens (tertiary/aromatic N) is 3. The molecule has 0 aliphatic heterocycles. The van der Waals surface area contributed by atoms with Crippen molar-refractivity contribution in [2.75, 3.05) is 0 Å². The van der Waals surface area contributed by atoms with Crippen molar-refractivity contribution in [1.29, 1.82) is 0 Å². The van der Waals surface area contributed by atoms with Crippen LogP contribution in [0.15, 0.2) is 67.0 Å². The van der Waals surface area contributed by atoms with Crippen LogP contribution in [0.3, 0.4) is 0 Å². The predicted octanol–water partition coefficient (Wildman–Crippen LogP) is 3.32. The molecule has 2 aromatic carbocycles. The van der Waals surface area contributed by atoms with Crippen molar-refractivity contribution in [2.24, 2.45) is 0 Å². The van der Waals surface area contributed by atoms with Gasteiger partial charge in [-0.25, -0.2) is 0 Å². The molecule has 2 N–H and O–H groups in total. The van der Waals surface area contributed by atoms with E-state index in [9.17, 15) is 4.79 Å². The van der Waals surface area contributed by atoms with Gasteiger partial charge in [0.1, 0.15) is 0 Å². The number of hydrogen-bond acceptors (Lipinski definition) is 3. The maximum absolute atomic E-state index is 12.4. The van der Waals surface area contributed by atoms with Crippen LogP contribution in [0.5, 0.6) is 0 Å². The first-order valence-corrected chi connectivity index (χ1v) is 9.07. The van der Waals surface area contributed by atoms with Gasteiger partial charge in [0.15, 0.2) is 5.69 Å². The standard InChI is InChI=1S/C21H21N5O/c27-21(23-14-17-9-4-10-19-18(17)11-12-22-19)20-15-26(25-24-20)13-5-8-16-6-2-1-3-7-16/h1-4,6-7,9-12,15,22H,5,8,13-14H2,(H,23,27). The summed E-state index contributed by atoms with van der Waals surface area (Å²) >= 11 is 0. The molecular weight excluding hydrogens is 338 g/mol. The van der Waals surface area contributed by atoms with Crippen LogP contribution in [-0.2, 0) is 19.5 Å². The van der Waals surface area contributed by atoms with E-state index in [2.05, 4.69) is 32.7 Å². The van der Waals surface area contributed by atoms with Gasteiger partial charge in [-0.1, -0.05) is 47.7 Å². The molecule has 2 heterocycles. The smallest absolute Gasteiger partial charge is 0.273 e. The second-order valence-electron chi connectivity index (χ2n) is 6.49. The number of hydrogen-bond donors (Lipinski definition) is 2. The van der Waals surface area contributed by atoms with Gasteiger partial charge in [0.25, 0.3) is 5.91 Å². The van der Waals surface area contributed by atoms with Crippen molar-refractivity contribution < 1.29 is 4.79 Å². The molecule has 6 nitrogen and oxygen atoms in total. The molecule has 1 amide bonds. The number of nitrogens with one attached hydrogen (secondary N) is 2. The third-order valence-corrected chi connectivity index (χ3v) is 4.59. The van der Waals surface area contributed by atoms with E-state index in [-0.39, 0.29) is 5.91 Å². The summed E-state index contributed by atoms with van der Waals surface area (Å²) in [6.07, 6.45) is 5.53. The number of amides is 1. The van der Waals surface area contributed by atoms with Gasteiger partial charge in [-0.05, 0) is 36.1 Å². The number of carbonyl (C=O) groups excluding carboxylic acids is 1. The summed E-state index contributed by atoms with van der Waals surface area (Å²) in [5, 5.41) is 12.1. The second kappa shape index (κ2) is 7.86. The van der Waals surface area contributed by atoms with Crippen molar-refractivity contribution in [3.05, 3.63) is 83.8 Å². The van der Waals surface area contributed by atoms with E-state index >= 15 is 0 Å². The molecule has 0 unspecified atom stereocenters. The topological polar surface area (TPSA) is 75.6 Å². The first kappa shape index (κ1) is 17.0. The summed E-state index contributed by atoms with van der Waals surface area (Å²) in [5.74, 6) is -0.211. The highest BCUT2D eigenvalue weighted by atomic mass is 16.2. The molecule has 0 saturated carbocycles. The van der Waals surface area contributed by atoms with E-state index in [4.69, 9.17) is 0 Å². The Balaban J connectivity index is 1.31. The fraction of sp³-hybridized carbons (Fsp3) is 0.190. The summed E-state index contributed by atoms with van der Waals surface area (Å²) in [5.41, 5.74) is 3.77. The average molecular weight is 359 g/mol. The van der Waals surface area contributed by atoms with Gasteiger partial charge in [0.05, 0.1) is 6.20 Å². The Kier molecular flexibility index (Phi) is 4.96. The van der Waals surface area contributed by atoms with Gasteiger partial charge in [0.2, 0.25) is 0 Å². The van der Waals surface area contributed by atoms with Crippen molar-refractivity contribution in [2.45, 2.75) is 25.9 Å². The molecule has 4 rings (SSSR count). The molecule has 0 aliphatic rings. The van der Waals surface area contributed by atoms with Gasteiger partial charge in [-0.15, -0.1) is 5.10 Å². The van der Waals surface area contributed by atoms with E-state index in [1.165, 1.54) is 5.56 Å². The number of carbonyl (C=O) groups is 1. The average Bonchev–Trinajstić information content (AvgIpc) is 3.36. The van der Waals surface area contributed by atoms with Crippen molar-refractivity contribution >= 4 is 16.8 Å². The zero-order valence-corrected chi connectivity index (χ0v) is 14.9. The largest absolute Gasteiger partial charge is 0.361 e. The molecule has 0 atom stereocenters. The zero-order chi connectivity index (χ0) is 18.5. The van der Waals surface area contributed by atoms with Crippen LogP contribution in [0.2, 0.25) is 0 Å². The lowest BCUT2D eigenvalue weighted by atomic mass is 10.1. The highest BCUT2D eigenvalue weighted by Crippen LogP contribution is 2.17. The predicted molar refractivity (Wildman–Crippen MR) is 104 cm³/mol.